The van der Waals surface area contributed by atoms with Gasteiger partial charge in [0, 0.05) is 23.9 Å². The second kappa shape index (κ2) is 8.01. The normalized spacial score (nSPS) is 12.5. The number of carbonyl (C=O) groups is 1. The second-order valence-electron chi connectivity index (χ2n) is 6.68. The number of fused-ring (bicyclic) bond motifs is 1. The molecule has 0 radical (unpaired) electrons. The summed E-state index contributed by atoms with van der Waals surface area (Å²) < 4.78 is 12.5. The van der Waals surface area contributed by atoms with E-state index in [4.69, 9.17) is 21.1 Å². The Kier molecular flexibility index (Phi) is 5.27. The minimum Gasteiger partial charge on any atom is -0.454 e. The third-order valence-electron chi connectivity index (χ3n) is 4.76. The first-order chi connectivity index (χ1) is 14.0. The van der Waals surface area contributed by atoms with E-state index in [9.17, 15) is 4.79 Å². The van der Waals surface area contributed by atoms with Crippen molar-refractivity contribution < 1.29 is 14.3 Å². The predicted octanol–water partition coefficient (Wildman–Crippen LogP) is 4.20. The number of aryl methyl sites for hydroxylation is 1. The fourth-order valence-electron chi connectivity index (χ4n) is 3.24. The Morgan fingerprint density at radius 3 is 2.83 bits per heavy atom. The minimum absolute atomic E-state index is 0.151. The molecular weight excluding hydrogens is 390 g/mol. The highest BCUT2D eigenvalue weighted by atomic mass is 35.5. The van der Waals surface area contributed by atoms with E-state index >= 15 is 0 Å². The molecule has 7 heteroatoms. The van der Waals surface area contributed by atoms with Crippen molar-refractivity contribution in [2.24, 2.45) is 0 Å². The maximum atomic E-state index is 12.3. The molecule has 0 aliphatic carbocycles. The Morgan fingerprint density at radius 1 is 1.24 bits per heavy atom. The highest BCUT2D eigenvalue weighted by Crippen LogP contribution is 2.40. The fourth-order valence-corrected chi connectivity index (χ4v) is 3.51. The van der Waals surface area contributed by atoms with Crippen LogP contribution in [0.15, 0.2) is 48.5 Å². The van der Waals surface area contributed by atoms with Gasteiger partial charge < -0.3 is 14.8 Å². The van der Waals surface area contributed by atoms with Crippen molar-refractivity contribution >= 4 is 23.6 Å². The molecule has 1 aromatic heterocycles. The number of halogens is 1. The molecule has 0 bridgehead atoms. The Hall–Kier alpha value is -3.25. The lowest BCUT2D eigenvalue weighted by atomic mass is 10.1. The van der Waals surface area contributed by atoms with E-state index in [-0.39, 0.29) is 12.7 Å². The highest BCUT2D eigenvalue weighted by Gasteiger charge is 2.17. The van der Waals surface area contributed by atoms with Gasteiger partial charge in [-0.2, -0.15) is 5.10 Å². The molecule has 2 heterocycles. The van der Waals surface area contributed by atoms with Crippen molar-refractivity contribution in [2.45, 2.75) is 20.4 Å². The van der Waals surface area contributed by atoms with Gasteiger partial charge in [0.25, 0.3) is 0 Å². The third kappa shape index (κ3) is 3.98. The van der Waals surface area contributed by atoms with Crippen LogP contribution in [0, 0.1) is 13.8 Å². The first-order valence-electron chi connectivity index (χ1n) is 9.18. The Bertz CT molecular complexity index is 1090. The molecule has 1 aliphatic heterocycles. The van der Waals surface area contributed by atoms with Crippen LogP contribution in [0.1, 0.15) is 22.5 Å². The van der Waals surface area contributed by atoms with E-state index in [1.807, 2.05) is 48.9 Å². The molecule has 0 fully saturated rings. The van der Waals surface area contributed by atoms with Crippen molar-refractivity contribution in [3.05, 3.63) is 76.1 Å². The van der Waals surface area contributed by atoms with Gasteiger partial charge in [0.15, 0.2) is 11.5 Å². The van der Waals surface area contributed by atoms with Crippen LogP contribution in [0.25, 0.3) is 11.8 Å². The number of nitrogens with zero attached hydrogens (tertiary/aromatic N) is 2. The van der Waals surface area contributed by atoms with Crippen molar-refractivity contribution in [1.82, 2.24) is 15.1 Å². The zero-order chi connectivity index (χ0) is 20.4. The quantitative estimate of drug-likeness (QED) is 0.641. The van der Waals surface area contributed by atoms with Gasteiger partial charge in [-0.15, -0.1) is 0 Å². The third-order valence-corrected chi connectivity index (χ3v) is 5.04. The summed E-state index contributed by atoms with van der Waals surface area (Å²) in [5.74, 6) is 0.914. The SMILES string of the molecule is Cc1nn(-c2ccccc2)c(C)c1CNC(=O)/C=C/c1cc(Cl)c2c(c1)OCO2. The van der Waals surface area contributed by atoms with Crippen LogP contribution >= 0.6 is 11.6 Å². The van der Waals surface area contributed by atoms with Gasteiger partial charge in [0.2, 0.25) is 12.7 Å². The molecule has 0 saturated heterocycles. The lowest BCUT2D eigenvalue weighted by Crippen LogP contribution is -2.21. The number of para-hydroxylation sites is 1. The van der Waals surface area contributed by atoms with Gasteiger partial charge in [-0.3, -0.25) is 4.79 Å². The molecule has 1 aliphatic rings. The van der Waals surface area contributed by atoms with Gasteiger partial charge in [-0.05, 0) is 49.8 Å². The van der Waals surface area contributed by atoms with Crippen LogP contribution in [0.4, 0.5) is 0 Å². The molecule has 6 nitrogen and oxygen atoms in total. The van der Waals surface area contributed by atoms with Crippen molar-refractivity contribution in [1.29, 1.82) is 0 Å². The first kappa shape index (κ1) is 19.1. The standard InChI is InChI=1S/C22H20ClN3O3/c1-14-18(15(2)26(25-14)17-6-4-3-5-7-17)12-24-21(27)9-8-16-10-19(23)22-20(11-16)28-13-29-22/h3-11H,12-13H2,1-2H3,(H,24,27)/b9-8+. The van der Waals surface area contributed by atoms with Crippen LogP contribution in [-0.2, 0) is 11.3 Å². The molecule has 3 aromatic rings. The average molecular weight is 410 g/mol. The molecular formula is C22H20ClN3O3. The van der Waals surface area contributed by atoms with E-state index < -0.39 is 0 Å². The number of amides is 1. The summed E-state index contributed by atoms with van der Waals surface area (Å²) in [7, 11) is 0. The maximum absolute atomic E-state index is 12.3. The molecule has 0 unspecified atom stereocenters. The molecule has 29 heavy (non-hydrogen) atoms. The molecule has 2 aromatic carbocycles. The topological polar surface area (TPSA) is 65.4 Å². The molecule has 1 amide bonds. The van der Waals surface area contributed by atoms with Crippen molar-refractivity contribution in [3.8, 4) is 17.2 Å². The smallest absolute Gasteiger partial charge is 0.244 e. The van der Waals surface area contributed by atoms with Gasteiger partial charge in [0.05, 0.1) is 16.4 Å². The predicted molar refractivity (Wildman–Crippen MR) is 111 cm³/mol. The number of rotatable bonds is 5. The lowest BCUT2D eigenvalue weighted by Gasteiger charge is -2.06. The van der Waals surface area contributed by atoms with Crippen LogP contribution in [0.5, 0.6) is 11.5 Å². The zero-order valence-electron chi connectivity index (χ0n) is 16.1. The van der Waals surface area contributed by atoms with Gasteiger partial charge >= 0.3 is 0 Å². The summed E-state index contributed by atoms with van der Waals surface area (Å²) in [6.07, 6.45) is 3.16. The van der Waals surface area contributed by atoms with Crippen LogP contribution < -0.4 is 14.8 Å². The molecule has 1 N–H and O–H groups in total. The number of nitrogens with one attached hydrogen (secondary N) is 1. The second-order valence-corrected chi connectivity index (χ2v) is 7.09. The Balaban J connectivity index is 1.43. The number of ether oxygens (including phenoxy) is 2. The Labute approximate surface area is 173 Å². The van der Waals surface area contributed by atoms with E-state index in [1.165, 1.54) is 6.08 Å². The number of carbonyl (C=O) groups excluding carboxylic acids is 1. The number of hydrogen-bond acceptors (Lipinski definition) is 4. The maximum Gasteiger partial charge on any atom is 0.244 e. The minimum atomic E-state index is -0.204. The molecule has 148 valence electrons. The van der Waals surface area contributed by atoms with Gasteiger partial charge in [-0.25, -0.2) is 4.68 Å². The van der Waals surface area contributed by atoms with Gasteiger partial charge in [0.1, 0.15) is 0 Å². The summed E-state index contributed by atoms with van der Waals surface area (Å²) in [5, 5.41) is 7.97. The number of aromatic nitrogens is 2. The summed E-state index contributed by atoms with van der Waals surface area (Å²) >= 11 is 6.17. The summed E-state index contributed by atoms with van der Waals surface area (Å²) in [6.45, 7) is 4.49. The molecule has 0 spiro atoms. The monoisotopic (exact) mass is 409 g/mol. The van der Waals surface area contributed by atoms with E-state index in [2.05, 4.69) is 10.4 Å². The number of benzene rings is 2. The zero-order valence-corrected chi connectivity index (χ0v) is 16.9. The van der Waals surface area contributed by atoms with Crippen LogP contribution in [-0.4, -0.2) is 22.5 Å². The van der Waals surface area contributed by atoms with E-state index in [1.54, 1.807) is 18.2 Å². The highest BCUT2D eigenvalue weighted by molar-refractivity contribution is 6.32. The van der Waals surface area contributed by atoms with Crippen molar-refractivity contribution in [2.75, 3.05) is 6.79 Å². The number of hydrogen-bond donors (Lipinski definition) is 1. The summed E-state index contributed by atoms with van der Waals surface area (Å²) in [6, 6.07) is 13.4. The van der Waals surface area contributed by atoms with Crippen LogP contribution in [0.2, 0.25) is 5.02 Å². The lowest BCUT2D eigenvalue weighted by molar-refractivity contribution is -0.116. The summed E-state index contributed by atoms with van der Waals surface area (Å²) in [5.41, 5.74) is 4.64. The van der Waals surface area contributed by atoms with Gasteiger partial charge in [-0.1, -0.05) is 29.8 Å². The molecule has 0 atom stereocenters. The Morgan fingerprint density at radius 2 is 2.03 bits per heavy atom. The average Bonchev–Trinajstić information content (AvgIpc) is 3.30. The van der Waals surface area contributed by atoms with Crippen molar-refractivity contribution in [3.63, 3.8) is 0 Å². The first-order valence-corrected chi connectivity index (χ1v) is 9.56. The molecule has 0 saturated carbocycles. The van der Waals surface area contributed by atoms with E-state index in [0.717, 1.165) is 28.2 Å². The molecule has 4 rings (SSSR count). The van der Waals surface area contributed by atoms with Crippen LogP contribution in [0.3, 0.4) is 0 Å². The fraction of sp³-hybridized carbons (Fsp3) is 0.182. The summed E-state index contributed by atoms with van der Waals surface area (Å²) in [4.78, 5) is 12.3. The van der Waals surface area contributed by atoms with E-state index in [0.29, 0.717) is 23.1 Å². The largest absolute Gasteiger partial charge is 0.454 e.